The molecule has 2 saturated carbocycles. The predicted molar refractivity (Wildman–Crippen MR) is 82.8 cm³/mol. The molecule has 0 heterocycles. The monoisotopic (exact) mass is 283 g/mol. The minimum Gasteiger partial charge on any atom is -0.389 e. The van der Waals surface area contributed by atoms with Crippen LogP contribution in [-0.2, 0) is 4.74 Å². The second-order valence-corrected chi connectivity index (χ2v) is 7.06. The highest BCUT2D eigenvalue weighted by Crippen LogP contribution is 2.26. The van der Waals surface area contributed by atoms with Gasteiger partial charge in [0.25, 0.3) is 0 Å². The highest BCUT2D eigenvalue weighted by Gasteiger charge is 2.24. The summed E-state index contributed by atoms with van der Waals surface area (Å²) in [6.45, 7) is 5.76. The number of ether oxygens (including phenoxy) is 1. The molecule has 0 radical (unpaired) electrons. The summed E-state index contributed by atoms with van der Waals surface area (Å²) in [5, 5.41) is 13.6. The Labute approximate surface area is 124 Å². The van der Waals surface area contributed by atoms with Gasteiger partial charge in [0.2, 0.25) is 0 Å². The van der Waals surface area contributed by atoms with E-state index < -0.39 is 0 Å². The first kappa shape index (κ1) is 16.3. The predicted octanol–water partition coefficient (Wildman–Crippen LogP) is 3.11. The Balaban J connectivity index is 1.61. The largest absolute Gasteiger partial charge is 0.389 e. The number of nitrogens with one attached hydrogen (secondary N) is 1. The maximum Gasteiger partial charge on any atom is 0.0897 e. The Morgan fingerprint density at radius 2 is 1.65 bits per heavy atom. The van der Waals surface area contributed by atoms with Crippen LogP contribution < -0.4 is 5.32 Å². The van der Waals surface area contributed by atoms with Gasteiger partial charge in [-0.05, 0) is 37.5 Å². The minimum atomic E-state index is -0.363. The summed E-state index contributed by atoms with van der Waals surface area (Å²) < 4.78 is 5.93. The quantitative estimate of drug-likeness (QED) is 0.787. The zero-order valence-corrected chi connectivity index (χ0v) is 13.3. The van der Waals surface area contributed by atoms with E-state index in [1.54, 1.807) is 0 Å². The summed E-state index contributed by atoms with van der Waals surface area (Å²) in [7, 11) is 0. The van der Waals surface area contributed by atoms with Crippen LogP contribution in [-0.4, -0.2) is 36.5 Å². The van der Waals surface area contributed by atoms with Crippen LogP contribution >= 0.6 is 0 Å². The summed E-state index contributed by atoms with van der Waals surface area (Å²) in [6, 6.07) is 0.590. The molecule has 5 atom stereocenters. The lowest BCUT2D eigenvalue weighted by atomic mass is 9.86. The van der Waals surface area contributed by atoms with E-state index >= 15 is 0 Å². The van der Waals surface area contributed by atoms with E-state index in [2.05, 4.69) is 19.2 Å². The molecule has 0 bridgehead atoms. The number of aliphatic hydroxyl groups is 1. The van der Waals surface area contributed by atoms with Gasteiger partial charge < -0.3 is 15.2 Å². The number of rotatable bonds is 6. The van der Waals surface area contributed by atoms with Crippen LogP contribution in [0.2, 0.25) is 0 Å². The zero-order chi connectivity index (χ0) is 14.4. The lowest BCUT2D eigenvalue weighted by Crippen LogP contribution is -2.43. The molecule has 0 saturated heterocycles. The first-order chi connectivity index (χ1) is 9.66. The molecule has 0 spiro atoms. The average molecular weight is 283 g/mol. The first-order valence-electron chi connectivity index (χ1n) is 8.70. The maximum absolute atomic E-state index is 10.1. The van der Waals surface area contributed by atoms with Gasteiger partial charge in [-0.25, -0.2) is 0 Å². The van der Waals surface area contributed by atoms with Gasteiger partial charge in [0.15, 0.2) is 0 Å². The summed E-state index contributed by atoms with van der Waals surface area (Å²) in [6.07, 6.45) is 10.3. The van der Waals surface area contributed by atoms with Gasteiger partial charge in [-0.1, -0.05) is 39.5 Å². The van der Waals surface area contributed by atoms with E-state index in [0.29, 0.717) is 31.2 Å². The molecule has 0 aromatic carbocycles. The van der Waals surface area contributed by atoms with E-state index in [1.165, 1.54) is 51.4 Å². The van der Waals surface area contributed by atoms with Gasteiger partial charge in [0, 0.05) is 12.6 Å². The molecule has 3 heteroatoms. The number of aliphatic hydroxyl groups excluding tert-OH is 1. The van der Waals surface area contributed by atoms with E-state index in [0.717, 1.165) is 5.92 Å². The molecule has 0 aliphatic heterocycles. The summed E-state index contributed by atoms with van der Waals surface area (Å²) >= 11 is 0. The minimum absolute atomic E-state index is 0.363. The smallest absolute Gasteiger partial charge is 0.0897 e. The SMILES string of the molecule is CC1CCCCC1NCC(O)COC1CCCCC1C. The number of hydrogen-bond acceptors (Lipinski definition) is 3. The van der Waals surface area contributed by atoms with Crippen molar-refractivity contribution in [3.05, 3.63) is 0 Å². The Morgan fingerprint density at radius 3 is 2.35 bits per heavy atom. The van der Waals surface area contributed by atoms with Gasteiger partial charge in [-0.3, -0.25) is 0 Å². The zero-order valence-electron chi connectivity index (χ0n) is 13.3. The van der Waals surface area contributed by atoms with Gasteiger partial charge in [-0.2, -0.15) is 0 Å². The van der Waals surface area contributed by atoms with Crippen LogP contribution in [0.1, 0.15) is 65.2 Å². The van der Waals surface area contributed by atoms with Crippen molar-refractivity contribution in [1.29, 1.82) is 0 Å². The van der Waals surface area contributed by atoms with Gasteiger partial charge in [-0.15, -0.1) is 0 Å². The number of hydrogen-bond donors (Lipinski definition) is 2. The Kier molecular flexibility index (Phi) is 6.79. The summed E-state index contributed by atoms with van der Waals surface area (Å²) in [5.74, 6) is 1.40. The molecule has 2 aliphatic carbocycles. The molecule has 2 N–H and O–H groups in total. The van der Waals surface area contributed by atoms with Crippen molar-refractivity contribution in [1.82, 2.24) is 5.32 Å². The molecule has 0 aromatic heterocycles. The van der Waals surface area contributed by atoms with E-state index in [9.17, 15) is 5.11 Å². The van der Waals surface area contributed by atoms with Crippen LogP contribution in [0.4, 0.5) is 0 Å². The Bertz CT molecular complexity index is 246. The van der Waals surface area contributed by atoms with Crippen molar-refractivity contribution in [2.45, 2.75) is 83.5 Å². The third-order valence-corrected chi connectivity index (χ3v) is 5.26. The van der Waals surface area contributed by atoms with E-state index in [4.69, 9.17) is 4.74 Å². The second kappa shape index (κ2) is 8.35. The summed E-state index contributed by atoms with van der Waals surface area (Å²) in [4.78, 5) is 0. The fourth-order valence-electron chi connectivity index (χ4n) is 3.73. The lowest BCUT2D eigenvalue weighted by Gasteiger charge is -2.32. The standard InChI is InChI=1S/C17H33NO2/c1-13-7-3-5-9-16(13)18-11-15(19)12-20-17-10-6-4-8-14(17)2/h13-19H,3-12H2,1-2H3. The van der Waals surface area contributed by atoms with Crippen molar-refractivity contribution >= 4 is 0 Å². The highest BCUT2D eigenvalue weighted by atomic mass is 16.5. The van der Waals surface area contributed by atoms with Gasteiger partial charge >= 0.3 is 0 Å². The molecule has 3 nitrogen and oxygen atoms in total. The molecule has 2 fully saturated rings. The van der Waals surface area contributed by atoms with Crippen LogP contribution in [0.25, 0.3) is 0 Å². The summed E-state index contributed by atoms with van der Waals surface area (Å²) in [5.41, 5.74) is 0. The molecule has 20 heavy (non-hydrogen) atoms. The molecule has 0 amide bonds. The van der Waals surface area contributed by atoms with Crippen molar-refractivity contribution in [2.24, 2.45) is 11.8 Å². The Morgan fingerprint density at radius 1 is 1.00 bits per heavy atom. The van der Waals surface area contributed by atoms with Crippen molar-refractivity contribution < 1.29 is 9.84 Å². The molecule has 0 aromatic rings. The maximum atomic E-state index is 10.1. The van der Waals surface area contributed by atoms with Crippen molar-refractivity contribution in [3.63, 3.8) is 0 Å². The molecular formula is C17H33NO2. The lowest BCUT2D eigenvalue weighted by molar-refractivity contribution is -0.0461. The van der Waals surface area contributed by atoms with Crippen LogP contribution in [0.5, 0.6) is 0 Å². The topological polar surface area (TPSA) is 41.5 Å². The van der Waals surface area contributed by atoms with Crippen molar-refractivity contribution in [3.8, 4) is 0 Å². The molecular weight excluding hydrogens is 250 g/mol. The van der Waals surface area contributed by atoms with E-state index in [1.807, 2.05) is 0 Å². The molecule has 2 aliphatic rings. The third kappa shape index (κ3) is 5.01. The highest BCUT2D eigenvalue weighted by molar-refractivity contribution is 4.79. The van der Waals surface area contributed by atoms with Crippen LogP contribution in [0.3, 0.4) is 0 Å². The van der Waals surface area contributed by atoms with E-state index in [-0.39, 0.29) is 6.10 Å². The molecule has 118 valence electrons. The first-order valence-corrected chi connectivity index (χ1v) is 8.70. The van der Waals surface area contributed by atoms with Gasteiger partial charge in [0.1, 0.15) is 0 Å². The van der Waals surface area contributed by atoms with Crippen LogP contribution in [0.15, 0.2) is 0 Å². The fourth-order valence-corrected chi connectivity index (χ4v) is 3.73. The normalized spacial score (nSPS) is 36.8. The second-order valence-electron chi connectivity index (χ2n) is 7.06. The Hall–Kier alpha value is -0.120. The fraction of sp³-hybridized carbons (Fsp3) is 1.00. The molecule has 5 unspecified atom stereocenters. The van der Waals surface area contributed by atoms with Crippen molar-refractivity contribution in [2.75, 3.05) is 13.2 Å². The average Bonchev–Trinajstić information content (AvgIpc) is 2.45. The van der Waals surface area contributed by atoms with Crippen LogP contribution in [0, 0.1) is 11.8 Å². The van der Waals surface area contributed by atoms with Gasteiger partial charge in [0.05, 0.1) is 18.8 Å². The third-order valence-electron chi connectivity index (χ3n) is 5.26. The molecule has 2 rings (SSSR count).